The minimum absolute atomic E-state index is 0.234. The zero-order chi connectivity index (χ0) is 13.2. The Kier molecular flexibility index (Phi) is 4.11. The maximum Gasteiger partial charge on any atom is 0.0351 e. The van der Waals surface area contributed by atoms with Crippen molar-refractivity contribution < 1.29 is 0 Å². The molecule has 2 rings (SSSR count). The molecule has 0 radical (unpaired) electrons. The van der Waals surface area contributed by atoms with Crippen LogP contribution in [0.25, 0.3) is 0 Å². The minimum atomic E-state index is 0.234. The second-order valence-corrected chi connectivity index (χ2v) is 6.61. The van der Waals surface area contributed by atoms with Crippen molar-refractivity contribution in [3.8, 4) is 0 Å². The molecule has 1 aromatic carbocycles. The molecule has 100 valence electrons. The van der Waals surface area contributed by atoms with Crippen LogP contribution in [-0.4, -0.2) is 6.54 Å². The lowest BCUT2D eigenvalue weighted by Gasteiger charge is -2.28. The number of hydrogen-bond acceptors (Lipinski definition) is 1. The topological polar surface area (TPSA) is 12.0 Å². The second-order valence-electron chi connectivity index (χ2n) is 6.61. The Balaban J connectivity index is 2.29. The quantitative estimate of drug-likeness (QED) is 0.809. The average Bonchev–Trinajstić information content (AvgIpc) is 3.13. The minimum Gasteiger partial charge on any atom is -0.310 e. The standard InChI is InChI=1S/C17H27N/c1-5-12-18-16(13-10-11-13)14-8-6-7-9-15(14)17(2,3)4/h6-9,13,16,18H,5,10-12H2,1-4H3. The molecule has 1 atom stereocenters. The first-order chi connectivity index (χ1) is 8.54. The van der Waals surface area contributed by atoms with E-state index in [1.165, 1.54) is 30.4 Å². The van der Waals surface area contributed by atoms with E-state index in [9.17, 15) is 0 Å². The molecule has 1 nitrogen and oxygen atoms in total. The molecule has 1 aliphatic rings. The predicted molar refractivity (Wildman–Crippen MR) is 78.9 cm³/mol. The summed E-state index contributed by atoms with van der Waals surface area (Å²) in [6.07, 6.45) is 3.99. The molecule has 0 saturated heterocycles. The lowest BCUT2D eigenvalue weighted by molar-refractivity contribution is 0.465. The third-order valence-electron chi connectivity index (χ3n) is 3.81. The molecular formula is C17H27N. The molecule has 0 bridgehead atoms. The van der Waals surface area contributed by atoms with Crippen molar-refractivity contribution in [2.75, 3.05) is 6.54 Å². The molecule has 0 aromatic heterocycles. The molecule has 1 heteroatoms. The zero-order valence-electron chi connectivity index (χ0n) is 12.3. The van der Waals surface area contributed by atoms with E-state index >= 15 is 0 Å². The van der Waals surface area contributed by atoms with Crippen LogP contribution in [0.1, 0.15) is 64.1 Å². The number of benzene rings is 1. The molecule has 1 unspecified atom stereocenters. The Bertz CT molecular complexity index is 385. The van der Waals surface area contributed by atoms with Crippen LogP contribution >= 0.6 is 0 Å². The summed E-state index contributed by atoms with van der Waals surface area (Å²) in [6, 6.07) is 9.56. The van der Waals surface area contributed by atoms with Crippen molar-refractivity contribution in [1.82, 2.24) is 5.32 Å². The van der Waals surface area contributed by atoms with Gasteiger partial charge in [0, 0.05) is 6.04 Å². The summed E-state index contributed by atoms with van der Waals surface area (Å²) >= 11 is 0. The summed E-state index contributed by atoms with van der Waals surface area (Å²) in [5.74, 6) is 0.861. The number of rotatable bonds is 5. The summed E-state index contributed by atoms with van der Waals surface area (Å²) in [6.45, 7) is 10.3. The van der Waals surface area contributed by atoms with Crippen molar-refractivity contribution in [2.45, 2.75) is 58.4 Å². The molecule has 18 heavy (non-hydrogen) atoms. The van der Waals surface area contributed by atoms with E-state index in [2.05, 4.69) is 57.3 Å². The molecule has 0 aliphatic heterocycles. The van der Waals surface area contributed by atoms with Gasteiger partial charge in [-0.25, -0.2) is 0 Å². The van der Waals surface area contributed by atoms with Gasteiger partial charge in [-0.15, -0.1) is 0 Å². The van der Waals surface area contributed by atoms with Gasteiger partial charge in [0.05, 0.1) is 0 Å². The third kappa shape index (κ3) is 3.14. The van der Waals surface area contributed by atoms with Gasteiger partial charge < -0.3 is 5.32 Å². The highest BCUT2D eigenvalue weighted by molar-refractivity contribution is 5.36. The van der Waals surface area contributed by atoms with Crippen molar-refractivity contribution in [3.05, 3.63) is 35.4 Å². The highest BCUT2D eigenvalue weighted by Crippen LogP contribution is 2.43. The van der Waals surface area contributed by atoms with Crippen LogP contribution in [0.2, 0.25) is 0 Å². The van der Waals surface area contributed by atoms with Gasteiger partial charge in [-0.2, -0.15) is 0 Å². The Morgan fingerprint density at radius 1 is 1.22 bits per heavy atom. The maximum atomic E-state index is 3.76. The van der Waals surface area contributed by atoms with Crippen LogP contribution in [0.5, 0.6) is 0 Å². The highest BCUT2D eigenvalue weighted by atomic mass is 14.9. The average molecular weight is 245 g/mol. The number of hydrogen-bond donors (Lipinski definition) is 1. The van der Waals surface area contributed by atoms with Crippen molar-refractivity contribution in [3.63, 3.8) is 0 Å². The van der Waals surface area contributed by atoms with Crippen LogP contribution in [0.3, 0.4) is 0 Å². The first-order valence-electron chi connectivity index (χ1n) is 7.37. The fraction of sp³-hybridized carbons (Fsp3) is 0.647. The van der Waals surface area contributed by atoms with Crippen molar-refractivity contribution in [2.24, 2.45) is 5.92 Å². The van der Waals surface area contributed by atoms with E-state index in [4.69, 9.17) is 0 Å². The van der Waals surface area contributed by atoms with E-state index in [0.717, 1.165) is 12.5 Å². The molecule has 1 fully saturated rings. The Morgan fingerprint density at radius 3 is 2.44 bits per heavy atom. The fourth-order valence-corrected chi connectivity index (χ4v) is 2.71. The zero-order valence-corrected chi connectivity index (χ0v) is 12.3. The fourth-order valence-electron chi connectivity index (χ4n) is 2.71. The highest BCUT2D eigenvalue weighted by Gasteiger charge is 2.34. The van der Waals surface area contributed by atoms with Crippen LogP contribution in [-0.2, 0) is 5.41 Å². The van der Waals surface area contributed by atoms with Crippen LogP contribution in [0.15, 0.2) is 24.3 Å². The van der Waals surface area contributed by atoms with Crippen molar-refractivity contribution in [1.29, 1.82) is 0 Å². The lowest BCUT2D eigenvalue weighted by atomic mass is 9.81. The summed E-state index contributed by atoms with van der Waals surface area (Å²) < 4.78 is 0. The third-order valence-corrected chi connectivity index (χ3v) is 3.81. The molecule has 1 N–H and O–H groups in total. The summed E-state index contributed by atoms with van der Waals surface area (Å²) in [7, 11) is 0. The normalized spacial score (nSPS) is 17.8. The summed E-state index contributed by atoms with van der Waals surface area (Å²) in [5.41, 5.74) is 3.27. The van der Waals surface area contributed by atoms with Crippen LogP contribution in [0.4, 0.5) is 0 Å². The smallest absolute Gasteiger partial charge is 0.0351 e. The van der Waals surface area contributed by atoms with Gasteiger partial charge in [-0.05, 0) is 48.3 Å². The number of nitrogens with one attached hydrogen (secondary N) is 1. The van der Waals surface area contributed by atoms with Gasteiger partial charge in [0.25, 0.3) is 0 Å². The van der Waals surface area contributed by atoms with Gasteiger partial charge in [0.1, 0.15) is 0 Å². The lowest BCUT2D eigenvalue weighted by Crippen LogP contribution is -2.27. The largest absolute Gasteiger partial charge is 0.310 e. The summed E-state index contributed by atoms with van der Waals surface area (Å²) in [4.78, 5) is 0. The molecule has 1 aromatic rings. The van der Waals surface area contributed by atoms with E-state index in [1.54, 1.807) is 0 Å². The van der Waals surface area contributed by atoms with Gasteiger partial charge in [-0.1, -0.05) is 52.0 Å². The Hall–Kier alpha value is -0.820. The van der Waals surface area contributed by atoms with E-state index in [1.807, 2.05) is 0 Å². The molecule has 0 amide bonds. The van der Waals surface area contributed by atoms with E-state index in [0.29, 0.717) is 6.04 Å². The molecular weight excluding hydrogens is 218 g/mol. The predicted octanol–water partition coefficient (Wildman–Crippen LogP) is 4.43. The van der Waals surface area contributed by atoms with Gasteiger partial charge in [-0.3, -0.25) is 0 Å². The first-order valence-corrected chi connectivity index (χ1v) is 7.37. The molecule has 0 heterocycles. The SMILES string of the molecule is CCCNC(c1ccccc1C(C)(C)C)C1CC1. The first kappa shape index (κ1) is 13.6. The Morgan fingerprint density at radius 2 is 1.89 bits per heavy atom. The molecule has 1 saturated carbocycles. The van der Waals surface area contributed by atoms with Crippen molar-refractivity contribution >= 4 is 0 Å². The second kappa shape index (κ2) is 5.44. The van der Waals surface area contributed by atoms with E-state index < -0.39 is 0 Å². The molecule has 1 aliphatic carbocycles. The molecule has 0 spiro atoms. The maximum absolute atomic E-state index is 3.76. The van der Waals surface area contributed by atoms with Gasteiger partial charge in [0.2, 0.25) is 0 Å². The monoisotopic (exact) mass is 245 g/mol. The van der Waals surface area contributed by atoms with Gasteiger partial charge >= 0.3 is 0 Å². The summed E-state index contributed by atoms with van der Waals surface area (Å²) in [5, 5.41) is 3.76. The van der Waals surface area contributed by atoms with Crippen LogP contribution < -0.4 is 5.32 Å². The van der Waals surface area contributed by atoms with Crippen LogP contribution in [0, 0.1) is 5.92 Å². The Labute approximate surface area is 112 Å². The van der Waals surface area contributed by atoms with Gasteiger partial charge in [0.15, 0.2) is 0 Å². The van der Waals surface area contributed by atoms with E-state index in [-0.39, 0.29) is 5.41 Å².